The van der Waals surface area contributed by atoms with Crippen LogP contribution in [-0.4, -0.2) is 0 Å². The van der Waals surface area contributed by atoms with E-state index in [1.165, 1.54) is 101 Å². The minimum absolute atomic E-state index is 0.699. The average molecular weight is 335 g/mol. The molecule has 2 rings (SSSR count). The predicted molar refractivity (Wildman–Crippen MR) is 104 cm³/mol. The van der Waals surface area contributed by atoms with E-state index in [1.807, 2.05) is 6.07 Å². The van der Waals surface area contributed by atoms with Gasteiger partial charge in [0.15, 0.2) is 0 Å². The molecule has 0 heterocycles. The van der Waals surface area contributed by atoms with Gasteiger partial charge in [0.05, 0.1) is 0 Å². The second kappa shape index (κ2) is 11.1. The lowest BCUT2D eigenvalue weighted by molar-refractivity contribution is 0.535. The highest BCUT2D eigenvalue weighted by atomic mass is 35.5. The zero-order valence-corrected chi connectivity index (χ0v) is 15.8. The summed E-state index contributed by atoms with van der Waals surface area (Å²) in [7, 11) is 0. The van der Waals surface area contributed by atoms with E-state index < -0.39 is 0 Å². The van der Waals surface area contributed by atoms with Gasteiger partial charge in [0.1, 0.15) is 0 Å². The first kappa shape index (κ1) is 18.8. The van der Waals surface area contributed by atoms with Gasteiger partial charge in [-0.3, -0.25) is 0 Å². The first-order valence-electron chi connectivity index (χ1n) is 10.1. The second-order valence-electron chi connectivity index (χ2n) is 7.33. The molecule has 0 N–H and O–H groups in total. The molecule has 130 valence electrons. The zero-order chi connectivity index (χ0) is 16.3. The van der Waals surface area contributed by atoms with E-state index >= 15 is 0 Å². The Balaban J connectivity index is 1.33. The van der Waals surface area contributed by atoms with E-state index in [9.17, 15) is 0 Å². The number of hydrogen-bond acceptors (Lipinski definition) is 0. The summed E-state index contributed by atoms with van der Waals surface area (Å²) < 4.78 is 0. The third-order valence-corrected chi connectivity index (χ3v) is 5.65. The van der Waals surface area contributed by atoms with E-state index in [1.54, 1.807) is 0 Å². The summed E-state index contributed by atoms with van der Waals surface area (Å²) in [5.41, 5.74) is 2.95. The lowest BCUT2D eigenvalue weighted by Crippen LogP contribution is -1.83. The Labute approximate surface area is 149 Å². The van der Waals surface area contributed by atoms with Gasteiger partial charge in [-0.2, -0.15) is 0 Å². The van der Waals surface area contributed by atoms with Crippen molar-refractivity contribution in [3.05, 3.63) is 34.3 Å². The Bertz CT molecular complexity index is 438. The van der Waals surface area contributed by atoms with Crippen LogP contribution in [0.4, 0.5) is 0 Å². The minimum Gasteiger partial charge on any atom is -0.0840 e. The Hall–Kier alpha value is -0.490. The summed E-state index contributed by atoms with van der Waals surface area (Å²) in [4.78, 5) is 0. The van der Waals surface area contributed by atoms with E-state index in [-0.39, 0.29) is 0 Å². The van der Waals surface area contributed by atoms with Gasteiger partial charge in [0, 0.05) is 10.9 Å². The molecule has 0 saturated carbocycles. The maximum Gasteiger partial charge on any atom is 0.0447 e. The number of rotatable bonds is 14. The highest BCUT2D eigenvalue weighted by molar-refractivity contribution is 6.32. The van der Waals surface area contributed by atoms with Gasteiger partial charge in [0.25, 0.3) is 0 Å². The van der Waals surface area contributed by atoms with Crippen LogP contribution >= 0.6 is 11.6 Å². The molecule has 1 aromatic carbocycles. The highest BCUT2D eigenvalue weighted by Gasteiger charge is 2.33. The van der Waals surface area contributed by atoms with Crippen molar-refractivity contribution in [2.75, 3.05) is 0 Å². The number of unbranched alkanes of at least 4 members (excludes halogenated alkanes) is 12. The fraction of sp³-hybridized carbons (Fsp3) is 0.727. The molecule has 1 aliphatic rings. The van der Waals surface area contributed by atoms with Crippen molar-refractivity contribution in [1.82, 2.24) is 0 Å². The van der Waals surface area contributed by atoms with Gasteiger partial charge in [-0.25, -0.2) is 0 Å². The number of benzene rings is 1. The van der Waals surface area contributed by atoms with Crippen molar-refractivity contribution < 1.29 is 0 Å². The predicted octanol–water partition coefficient (Wildman–Crippen LogP) is 8.27. The van der Waals surface area contributed by atoms with Gasteiger partial charge < -0.3 is 0 Å². The molecule has 0 amide bonds. The zero-order valence-electron chi connectivity index (χ0n) is 15.1. The lowest BCUT2D eigenvalue weighted by Gasteiger charge is -2.03. The average Bonchev–Trinajstić information content (AvgIpc) is 3.27. The molecule has 0 saturated heterocycles. The van der Waals surface area contributed by atoms with Gasteiger partial charge in [0.2, 0.25) is 0 Å². The van der Waals surface area contributed by atoms with Gasteiger partial charge >= 0.3 is 0 Å². The molecular formula is C22H35Cl. The van der Waals surface area contributed by atoms with Crippen molar-refractivity contribution in [2.45, 2.75) is 103 Å². The maximum atomic E-state index is 6.21. The summed E-state index contributed by atoms with van der Waals surface area (Å²) in [6.07, 6.45) is 19.9. The second-order valence-corrected chi connectivity index (χ2v) is 7.73. The summed E-state index contributed by atoms with van der Waals surface area (Å²) in [5.74, 6) is 0.699. The largest absolute Gasteiger partial charge is 0.0840 e. The Morgan fingerprint density at radius 2 is 1.26 bits per heavy atom. The van der Waals surface area contributed by atoms with Crippen molar-refractivity contribution in [2.24, 2.45) is 0 Å². The quantitative estimate of drug-likeness (QED) is 0.300. The van der Waals surface area contributed by atoms with Crippen molar-refractivity contribution in [3.8, 4) is 0 Å². The molecule has 0 nitrogen and oxygen atoms in total. The third kappa shape index (κ3) is 6.87. The van der Waals surface area contributed by atoms with Gasteiger partial charge in [-0.15, -0.1) is 0 Å². The van der Waals surface area contributed by atoms with Crippen LogP contribution in [-0.2, 0) is 0 Å². The number of hydrogen-bond donors (Lipinski definition) is 0. The molecule has 1 atom stereocenters. The van der Waals surface area contributed by atoms with Crippen LogP contribution in [0.2, 0.25) is 5.02 Å². The normalized spacial score (nSPS) is 15.7. The van der Waals surface area contributed by atoms with Crippen LogP contribution in [0.1, 0.15) is 114 Å². The Morgan fingerprint density at radius 3 is 1.78 bits per heavy atom. The van der Waals surface area contributed by atoms with E-state index in [0.717, 1.165) is 5.02 Å². The standard InChI is InChI=1S/C22H35Cl/c1-2-3-4-5-6-7-8-9-10-11-12-13-14-16-19-20-17-15-18-21(23)22(19)20/h15,17-19H,2-14,16H2,1H3. The summed E-state index contributed by atoms with van der Waals surface area (Å²) >= 11 is 6.21. The SMILES string of the molecule is CCCCCCCCCCCCCCCC1c2cccc(Cl)c21. The fourth-order valence-electron chi connectivity index (χ4n) is 3.79. The first-order chi connectivity index (χ1) is 11.3. The molecular weight excluding hydrogens is 300 g/mol. The monoisotopic (exact) mass is 334 g/mol. The first-order valence-corrected chi connectivity index (χ1v) is 10.5. The van der Waals surface area contributed by atoms with Crippen molar-refractivity contribution in [1.29, 1.82) is 0 Å². The Morgan fingerprint density at radius 1 is 0.739 bits per heavy atom. The van der Waals surface area contributed by atoms with Crippen LogP contribution < -0.4 is 0 Å². The van der Waals surface area contributed by atoms with Gasteiger partial charge in [-0.1, -0.05) is 114 Å². The van der Waals surface area contributed by atoms with Crippen LogP contribution in [0.5, 0.6) is 0 Å². The van der Waals surface area contributed by atoms with E-state index in [4.69, 9.17) is 11.6 Å². The maximum absolute atomic E-state index is 6.21. The minimum atomic E-state index is 0.699. The van der Waals surface area contributed by atoms with Crippen LogP contribution in [0, 0.1) is 0 Å². The molecule has 0 radical (unpaired) electrons. The molecule has 0 spiro atoms. The molecule has 0 fully saturated rings. The fourth-order valence-corrected chi connectivity index (χ4v) is 4.10. The smallest absolute Gasteiger partial charge is 0.0447 e. The van der Waals surface area contributed by atoms with E-state index in [0.29, 0.717) is 5.92 Å². The Kier molecular flexibility index (Phi) is 9.12. The van der Waals surface area contributed by atoms with Crippen LogP contribution in [0.25, 0.3) is 0 Å². The van der Waals surface area contributed by atoms with Crippen molar-refractivity contribution >= 4 is 11.6 Å². The third-order valence-electron chi connectivity index (χ3n) is 5.32. The van der Waals surface area contributed by atoms with Crippen LogP contribution in [0.15, 0.2) is 18.2 Å². The van der Waals surface area contributed by atoms with Gasteiger partial charge in [-0.05, 0) is 23.6 Å². The highest BCUT2D eigenvalue weighted by Crippen LogP contribution is 2.50. The number of fused-ring (bicyclic) bond motifs is 1. The van der Waals surface area contributed by atoms with Crippen molar-refractivity contribution in [3.63, 3.8) is 0 Å². The molecule has 0 aromatic heterocycles. The molecule has 0 aliphatic heterocycles. The molecule has 1 heteroatoms. The lowest BCUT2D eigenvalue weighted by atomic mass is 10.0. The topological polar surface area (TPSA) is 0 Å². The molecule has 1 aromatic rings. The number of halogens is 1. The summed E-state index contributed by atoms with van der Waals surface area (Å²) in [6, 6.07) is 6.36. The van der Waals surface area contributed by atoms with E-state index in [2.05, 4.69) is 19.1 Å². The molecule has 0 bridgehead atoms. The van der Waals surface area contributed by atoms with Crippen LogP contribution in [0.3, 0.4) is 0 Å². The molecule has 1 unspecified atom stereocenters. The molecule has 1 aliphatic carbocycles. The summed E-state index contributed by atoms with van der Waals surface area (Å²) in [5, 5.41) is 0.988. The molecule has 23 heavy (non-hydrogen) atoms. The summed E-state index contributed by atoms with van der Waals surface area (Å²) in [6.45, 7) is 2.29.